The van der Waals surface area contributed by atoms with Crippen LogP contribution in [0.2, 0.25) is 0 Å². The average Bonchev–Trinajstić information content (AvgIpc) is 2.46. The van der Waals surface area contributed by atoms with Gasteiger partial charge in [-0.05, 0) is 96.3 Å². The van der Waals surface area contributed by atoms with Gasteiger partial charge in [-0.1, -0.05) is 251 Å². The summed E-state index contributed by atoms with van der Waals surface area (Å²) in [5.74, 6) is -0.258. The van der Waals surface area contributed by atoms with Crippen molar-refractivity contribution in [2.24, 2.45) is 0 Å². The van der Waals surface area contributed by atoms with Crippen LogP contribution >= 0.6 is 0 Å². The highest BCUT2D eigenvalue weighted by atomic mass is 16.7. The predicted molar refractivity (Wildman–Crippen MR) is 350 cm³/mol. The maximum absolute atomic E-state index is 13.3. The van der Waals surface area contributed by atoms with Gasteiger partial charge in [0.25, 0.3) is 0 Å². The number of rotatable bonds is 53. The van der Waals surface area contributed by atoms with Crippen LogP contribution in [0.3, 0.4) is 0 Å². The quantitative estimate of drug-likeness (QED) is 0.0204. The zero-order valence-electron chi connectivity index (χ0n) is 53.3. The van der Waals surface area contributed by atoms with Crippen LogP contribution in [0.4, 0.5) is 0 Å². The summed E-state index contributed by atoms with van der Waals surface area (Å²) in [6.07, 6.45) is 63.9. The normalized spacial score (nSPS) is 24.2. The molecular weight excluding hydrogens is 1090 g/mol. The third-order valence-electron chi connectivity index (χ3n) is 15.6. The predicted octanol–water partition coefficient (Wildman–Crippen LogP) is 13.3. The Morgan fingerprint density at radius 2 is 0.814 bits per heavy atom. The molecule has 86 heavy (non-hydrogen) atoms. The van der Waals surface area contributed by atoms with Crippen molar-refractivity contribution in [3.8, 4) is 0 Å². The molecule has 1 amide bonds. The molecule has 492 valence electrons. The first-order valence-electron chi connectivity index (χ1n) is 33.8. The largest absolute Gasteiger partial charge is 0.394 e. The van der Waals surface area contributed by atoms with E-state index in [1.807, 2.05) is 6.08 Å². The second-order valence-electron chi connectivity index (χ2n) is 23.2. The fourth-order valence-electron chi connectivity index (χ4n) is 10.3. The molecule has 0 aromatic heterocycles. The van der Waals surface area contributed by atoms with Crippen LogP contribution in [0.5, 0.6) is 0 Å². The molecule has 0 spiro atoms. The smallest absolute Gasteiger partial charge is 0.220 e. The van der Waals surface area contributed by atoms with Crippen molar-refractivity contribution in [2.75, 3.05) is 19.8 Å². The lowest BCUT2D eigenvalue weighted by Crippen LogP contribution is -2.65. The molecule has 0 saturated carbocycles. The summed E-state index contributed by atoms with van der Waals surface area (Å²) in [6.45, 7) is 2.66. The standard InChI is InChI=1S/C72H121NO13/c1-3-5-7-9-11-13-15-17-19-21-22-23-24-25-26-27-28-29-30-31-32-33-34-35-36-37-38-40-42-44-46-48-50-52-54-56-64(77)73-60(61(76)55-53-51-49-47-45-43-41-39-20-18-16-14-12-10-8-6-4-2)59-83-71-69(82)67(80)70(63(58-75)85-71)86-72-68(81)66(79)65(78)62(57-74)84-72/h5,7,11,13,17,19,22-23,25-26,28-29,31-32,34-35,45,47,53,55,60-63,65-72,74-76,78-82H,3-4,6,8-10,12,14-16,18,20-21,24,27,30,33,36-44,46,48-52,54,56-59H2,1-2H3,(H,73,77)/b7-5-,13-11-,19-17-,23-22-,26-25-,29-28-,32-31-,35-34-,47-45+,55-53+. The van der Waals surface area contributed by atoms with Gasteiger partial charge >= 0.3 is 0 Å². The Morgan fingerprint density at radius 3 is 1.28 bits per heavy atom. The van der Waals surface area contributed by atoms with Crippen molar-refractivity contribution in [2.45, 2.75) is 306 Å². The molecule has 14 nitrogen and oxygen atoms in total. The molecule has 2 aliphatic rings. The van der Waals surface area contributed by atoms with Gasteiger partial charge in [-0.3, -0.25) is 4.79 Å². The van der Waals surface area contributed by atoms with E-state index in [4.69, 9.17) is 18.9 Å². The molecule has 14 heteroatoms. The van der Waals surface area contributed by atoms with Crippen LogP contribution in [-0.2, 0) is 23.7 Å². The average molecular weight is 1210 g/mol. The van der Waals surface area contributed by atoms with E-state index in [1.165, 1.54) is 109 Å². The lowest BCUT2D eigenvalue weighted by Gasteiger charge is -2.46. The number of allylic oxidation sites excluding steroid dienone is 19. The second-order valence-corrected chi connectivity index (χ2v) is 23.2. The van der Waals surface area contributed by atoms with Crippen LogP contribution < -0.4 is 5.32 Å². The Bertz CT molecular complexity index is 1910. The van der Waals surface area contributed by atoms with Crippen molar-refractivity contribution < 1.29 is 64.6 Å². The molecule has 0 aromatic carbocycles. The molecule has 0 aliphatic carbocycles. The van der Waals surface area contributed by atoms with Gasteiger partial charge in [0.1, 0.15) is 48.8 Å². The molecule has 0 aromatic rings. The van der Waals surface area contributed by atoms with Gasteiger partial charge in [0, 0.05) is 6.42 Å². The molecule has 2 rings (SSSR count). The first kappa shape index (κ1) is 78.5. The highest BCUT2D eigenvalue weighted by molar-refractivity contribution is 5.76. The van der Waals surface area contributed by atoms with Crippen molar-refractivity contribution >= 4 is 5.91 Å². The Balaban J connectivity index is 1.68. The molecule has 0 radical (unpaired) electrons. The van der Waals surface area contributed by atoms with E-state index in [2.05, 4.69) is 129 Å². The Kier molecular flexibility index (Phi) is 50.6. The zero-order chi connectivity index (χ0) is 62.3. The minimum Gasteiger partial charge on any atom is -0.394 e. The third kappa shape index (κ3) is 39.4. The SMILES string of the molecule is CC/C=C\C/C=C\C/C=C\C/C=C\C/C=C\C/C=C\C/C=C\C/C=C\CCCCCCCCCCCCC(=O)NC(COC1OC(CO)C(OC2OC(CO)C(O)C(O)C2O)C(O)C1O)C(O)/C=C/CC/C=C/CCCCCCCCCCCCC. The Hall–Kier alpha value is -3.61. The van der Waals surface area contributed by atoms with Crippen molar-refractivity contribution in [3.63, 3.8) is 0 Å². The number of carbonyl (C=O) groups excluding carboxylic acids is 1. The van der Waals surface area contributed by atoms with Gasteiger partial charge < -0.3 is 65.1 Å². The summed E-state index contributed by atoms with van der Waals surface area (Å²) in [5, 5.41) is 87.3. The van der Waals surface area contributed by atoms with E-state index in [0.717, 1.165) is 89.9 Å². The van der Waals surface area contributed by atoms with E-state index in [1.54, 1.807) is 6.08 Å². The summed E-state index contributed by atoms with van der Waals surface area (Å²) >= 11 is 0. The van der Waals surface area contributed by atoms with E-state index < -0.39 is 86.8 Å². The topological polar surface area (TPSA) is 228 Å². The highest BCUT2D eigenvalue weighted by Gasteiger charge is 2.51. The summed E-state index contributed by atoms with van der Waals surface area (Å²) in [5.41, 5.74) is 0. The highest BCUT2D eigenvalue weighted by Crippen LogP contribution is 2.30. The number of unbranched alkanes of at least 4 members (excludes halogenated alkanes) is 22. The van der Waals surface area contributed by atoms with Gasteiger partial charge in [-0.25, -0.2) is 0 Å². The first-order valence-corrected chi connectivity index (χ1v) is 33.8. The number of aliphatic hydroxyl groups is 8. The number of aliphatic hydroxyl groups excluding tert-OH is 8. The molecular formula is C72H121NO13. The first-order chi connectivity index (χ1) is 42.1. The summed E-state index contributed by atoms with van der Waals surface area (Å²) in [4.78, 5) is 13.3. The number of carbonyl (C=O) groups is 1. The summed E-state index contributed by atoms with van der Waals surface area (Å²) < 4.78 is 22.8. The van der Waals surface area contributed by atoms with E-state index >= 15 is 0 Å². The molecule has 2 saturated heterocycles. The van der Waals surface area contributed by atoms with Crippen molar-refractivity contribution in [3.05, 3.63) is 122 Å². The minimum absolute atomic E-state index is 0.258. The molecule has 9 N–H and O–H groups in total. The van der Waals surface area contributed by atoms with Crippen LogP contribution in [0, 0.1) is 0 Å². The molecule has 2 fully saturated rings. The molecule has 0 bridgehead atoms. The van der Waals surface area contributed by atoms with Crippen LogP contribution in [-0.4, -0.2) is 140 Å². The van der Waals surface area contributed by atoms with E-state index in [9.17, 15) is 45.6 Å². The van der Waals surface area contributed by atoms with Gasteiger partial charge in [0.05, 0.1) is 32.0 Å². The maximum Gasteiger partial charge on any atom is 0.220 e. The van der Waals surface area contributed by atoms with Gasteiger partial charge in [-0.2, -0.15) is 0 Å². The number of amides is 1. The molecule has 12 atom stereocenters. The Morgan fingerprint density at radius 1 is 0.430 bits per heavy atom. The van der Waals surface area contributed by atoms with E-state index in [0.29, 0.717) is 12.8 Å². The van der Waals surface area contributed by atoms with Crippen molar-refractivity contribution in [1.29, 1.82) is 0 Å². The fraction of sp³-hybridized carbons (Fsp3) is 0.708. The molecule has 2 aliphatic heterocycles. The monoisotopic (exact) mass is 1210 g/mol. The van der Waals surface area contributed by atoms with Crippen LogP contribution in [0.15, 0.2) is 122 Å². The third-order valence-corrected chi connectivity index (χ3v) is 15.6. The number of nitrogens with one attached hydrogen (secondary N) is 1. The zero-order valence-corrected chi connectivity index (χ0v) is 53.3. The lowest BCUT2D eigenvalue weighted by atomic mass is 9.97. The minimum atomic E-state index is -1.80. The number of hydrogen-bond acceptors (Lipinski definition) is 13. The second kappa shape index (κ2) is 55.5. The fourth-order valence-corrected chi connectivity index (χ4v) is 10.3. The van der Waals surface area contributed by atoms with Crippen LogP contribution in [0.1, 0.15) is 232 Å². The van der Waals surface area contributed by atoms with Gasteiger partial charge in [0.2, 0.25) is 5.91 Å². The summed E-state index contributed by atoms with van der Waals surface area (Å²) in [7, 11) is 0. The Labute approximate surface area is 520 Å². The number of ether oxygens (including phenoxy) is 4. The van der Waals surface area contributed by atoms with Crippen LogP contribution in [0.25, 0.3) is 0 Å². The maximum atomic E-state index is 13.3. The van der Waals surface area contributed by atoms with Gasteiger partial charge in [-0.15, -0.1) is 0 Å². The number of hydrogen-bond donors (Lipinski definition) is 9. The van der Waals surface area contributed by atoms with Crippen molar-refractivity contribution in [1.82, 2.24) is 5.32 Å². The lowest BCUT2D eigenvalue weighted by molar-refractivity contribution is -0.359. The van der Waals surface area contributed by atoms with Gasteiger partial charge in [0.15, 0.2) is 12.6 Å². The van der Waals surface area contributed by atoms with E-state index in [-0.39, 0.29) is 18.9 Å². The summed E-state index contributed by atoms with van der Waals surface area (Å²) in [6, 6.07) is -0.942. The molecule has 2 heterocycles. The molecule has 12 unspecified atom stereocenters.